The molecule has 5 heteroatoms. The second-order valence-electron chi connectivity index (χ2n) is 12.7. The van der Waals surface area contributed by atoms with E-state index in [9.17, 15) is 5.11 Å². The molecule has 1 aliphatic carbocycles. The van der Waals surface area contributed by atoms with E-state index in [2.05, 4.69) is 86.0 Å². The van der Waals surface area contributed by atoms with Gasteiger partial charge in [0.05, 0.1) is 18.3 Å². The Labute approximate surface area is 196 Å². The van der Waals surface area contributed by atoms with E-state index in [1.807, 2.05) is 6.92 Å². The van der Waals surface area contributed by atoms with Crippen molar-refractivity contribution in [1.82, 2.24) is 0 Å². The third kappa shape index (κ3) is 9.67. The maximum atomic E-state index is 9.41. The number of aliphatic hydroxyl groups excluding tert-OH is 1. The molecule has 0 bridgehead atoms. The van der Waals surface area contributed by atoms with Gasteiger partial charge in [0.2, 0.25) is 0 Å². The van der Waals surface area contributed by atoms with Gasteiger partial charge in [-0.05, 0) is 81.7 Å². The van der Waals surface area contributed by atoms with Gasteiger partial charge in [-0.15, -0.1) is 0 Å². The summed E-state index contributed by atoms with van der Waals surface area (Å²) in [5.41, 5.74) is 1.45. The van der Waals surface area contributed by atoms with Crippen LogP contribution in [0.4, 0.5) is 0 Å². The van der Waals surface area contributed by atoms with E-state index in [1.165, 1.54) is 5.57 Å². The maximum Gasteiger partial charge on any atom is 0.192 e. The first-order chi connectivity index (χ1) is 13.9. The molecule has 1 N–H and O–H groups in total. The summed E-state index contributed by atoms with van der Waals surface area (Å²) >= 11 is 0. The fraction of sp³-hybridized carbons (Fsp3) is 0.846. The highest BCUT2D eigenvalue weighted by Crippen LogP contribution is 2.42. The van der Waals surface area contributed by atoms with Crippen LogP contribution >= 0.6 is 0 Å². The molecule has 1 unspecified atom stereocenters. The van der Waals surface area contributed by atoms with E-state index in [0.29, 0.717) is 0 Å². The van der Waals surface area contributed by atoms with Crippen LogP contribution in [-0.2, 0) is 8.85 Å². The van der Waals surface area contributed by atoms with Crippen LogP contribution in [0, 0.1) is 0 Å². The molecule has 31 heavy (non-hydrogen) atoms. The Hall–Kier alpha value is -0.206. The van der Waals surface area contributed by atoms with Gasteiger partial charge in [0.25, 0.3) is 0 Å². The highest BCUT2D eigenvalue weighted by Gasteiger charge is 2.43. The highest BCUT2D eigenvalue weighted by molar-refractivity contribution is 6.74. The molecule has 0 aliphatic heterocycles. The van der Waals surface area contributed by atoms with Crippen LogP contribution < -0.4 is 0 Å². The van der Waals surface area contributed by atoms with Crippen LogP contribution in [-0.4, -0.2) is 40.1 Å². The zero-order valence-corrected chi connectivity index (χ0v) is 24.5. The largest absolute Gasteiger partial charge is 0.414 e. The first-order valence-corrected chi connectivity index (χ1v) is 18.1. The van der Waals surface area contributed by atoms with Crippen LogP contribution in [0.1, 0.15) is 87.0 Å². The molecular weight excluding hydrogens is 416 g/mol. The molecule has 1 saturated carbocycles. The number of hydrogen-bond acceptors (Lipinski definition) is 3. The van der Waals surface area contributed by atoms with Crippen molar-refractivity contribution in [2.24, 2.45) is 0 Å². The average molecular weight is 469 g/mol. The number of allylic oxidation sites excluding steroid dienone is 3. The van der Waals surface area contributed by atoms with Gasteiger partial charge >= 0.3 is 0 Å². The smallest absolute Gasteiger partial charge is 0.192 e. The minimum Gasteiger partial charge on any atom is -0.414 e. The summed E-state index contributed by atoms with van der Waals surface area (Å²) in [6.45, 7) is 25.2. The Morgan fingerprint density at radius 1 is 0.935 bits per heavy atom. The van der Waals surface area contributed by atoms with E-state index >= 15 is 0 Å². The Bertz CT molecular complexity index is 569. The van der Waals surface area contributed by atoms with Crippen LogP contribution in [0.5, 0.6) is 0 Å². The molecule has 0 spiro atoms. The molecule has 3 nitrogen and oxygen atoms in total. The van der Waals surface area contributed by atoms with Crippen molar-refractivity contribution in [1.29, 1.82) is 0 Å². The third-order valence-corrected chi connectivity index (χ3v) is 16.6. The molecule has 0 heterocycles. The predicted octanol–water partition coefficient (Wildman–Crippen LogP) is 7.98. The average Bonchev–Trinajstić information content (AvgIpc) is 2.54. The van der Waals surface area contributed by atoms with Crippen molar-refractivity contribution in [3.05, 3.63) is 23.8 Å². The standard InChI is InChI=1S/C26H52O3Si2/c1-21(27)16-14-12-13-15-17-22-18-23(28-30(8,9)25(2,3)4)20-24(19-22)29-31(10,11)26(5,6)7/h13,15,17,21,23-24,27H,12,14,16,18-20H2,1-11H3/t21?,23-,24-/m1/s1. The first kappa shape index (κ1) is 28.8. The minimum atomic E-state index is -1.82. The van der Waals surface area contributed by atoms with Crippen molar-refractivity contribution < 1.29 is 14.0 Å². The van der Waals surface area contributed by atoms with E-state index in [0.717, 1.165) is 38.5 Å². The lowest BCUT2D eigenvalue weighted by Gasteiger charge is -2.45. The Kier molecular flexibility index (Phi) is 10.5. The van der Waals surface area contributed by atoms with Gasteiger partial charge in [-0.1, -0.05) is 65.3 Å². The second-order valence-corrected chi connectivity index (χ2v) is 22.2. The van der Waals surface area contributed by atoms with E-state index < -0.39 is 16.6 Å². The molecule has 3 atom stereocenters. The van der Waals surface area contributed by atoms with Gasteiger partial charge in [-0.25, -0.2) is 0 Å². The van der Waals surface area contributed by atoms with Crippen LogP contribution in [0.15, 0.2) is 23.8 Å². The lowest BCUT2D eigenvalue weighted by atomic mass is 9.90. The van der Waals surface area contributed by atoms with Crippen LogP contribution in [0.3, 0.4) is 0 Å². The van der Waals surface area contributed by atoms with Crippen molar-refractivity contribution in [2.75, 3.05) is 0 Å². The molecular formula is C26H52O3Si2. The normalized spacial score (nSPS) is 22.8. The Morgan fingerprint density at radius 3 is 1.77 bits per heavy atom. The van der Waals surface area contributed by atoms with Gasteiger partial charge in [-0.2, -0.15) is 0 Å². The summed E-state index contributed by atoms with van der Waals surface area (Å²) in [6, 6.07) is 0. The molecule has 0 aromatic heterocycles. The molecule has 1 fully saturated rings. The number of unbranched alkanes of at least 4 members (excludes halogenated alkanes) is 1. The lowest BCUT2D eigenvalue weighted by molar-refractivity contribution is 0.0725. The van der Waals surface area contributed by atoms with Crippen molar-refractivity contribution >= 4 is 16.6 Å². The SMILES string of the molecule is CC(O)CCCC=CC=C1C[C@@H](O[Si](C)(C)C(C)(C)C)C[C@H](O[Si](C)(C)C(C)(C)C)C1. The van der Waals surface area contributed by atoms with E-state index in [-0.39, 0.29) is 28.4 Å². The summed E-state index contributed by atoms with van der Waals surface area (Å²) in [7, 11) is -3.64. The third-order valence-electron chi connectivity index (χ3n) is 7.50. The Morgan fingerprint density at radius 2 is 1.39 bits per heavy atom. The minimum absolute atomic E-state index is 0.202. The lowest BCUT2D eigenvalue weighted by Crippen LogP contribution is -2.48. The van der Waals surface area contributed by atoms with Gasteiger partial charge in [-0.3, -0.25) is 0 Å². The summed E-state index contributed by atoms with van der Waals surface area (Å²) < 4.78 is 13.7. The van der Waals surface area contributed by atoms with Crippen molar-refractivity contribution in [3.8, 4) is 0 Å². The molecule has 0 radical (unpaired) electrons. The summed E-state index contributed by atoms with van der Waals surface area (Å²) in [5.74, 6) is 0. The first-order valence-electron chi connectivity index (χ1n) is 12.3. The molecule has 0 saturated heterocycles. The van der Waals surface area contributed by atoms with E-state index in [1.54, 1.807) is 0 Å². The van der Waals surface area contributed by atoms with Gasteiger partial charge in [0, 0.05) is 0 Å². The van der Waals surface area contributed by atoms with Gasteiger partial charge in [0.1, 0.15) is 0 Å². The van der Waals surface area contributed by atoms with Gasteiger partial charge in [0.15, 0.2) is 16.6 Å². The molecule has 0 aromatic carbocycles. The fourth-order valence-corrected chi connectivity index (χ4v) is 6.19. The molecule has 0 amide bonds. The Balaban J connectivity index is 2.94. The molecule has 1 aliphatic rings. The quantitative estimate of drug-likeness (QED) is 0.275. The number of aliphatic hydroxyl groups is 1. The fourth-order valence-electron chi connectivity index (χ4n) is 3.46. The van der Waals surface area contributed by atoms with Crippen LogP contribution in [0.25, 0.3) is 0 Å². The zero-order valence-electron chi connectivity index (χ0n) is 22.5. The van der Waals surface area contributed by atoms with Crippen molar-refractivity contribution in [2.45, 2.75) is 142 Å². The number of hydrogen-bond donors (Lipinski definition) is 1. The van der Waals surface area contributed by atoms with E-state index in [4.69, 9.17) is 8.85 Å². The monoisotopic (exact) mass is 468 g/mol. The highest BCUT2D eigenvalue weighted by atomic mass is 28.4. The molecule has 1 rings (SSSR count). The van der Waals surface area contributed by atoms with Crippen LogP contribution in [0.2, 0.25) is 36.3 Å². The molecule has 182 valence electrons. The summed E-state index contributed by atoms with van der Waals surface area (Å²) in [4.78, 5) is 0. The summed E-state index contributed by atoms with van der Waals surface area (Å²) in [5, 5.41) is 9.85. The van der Waals surface area contributed by atoms with Crippen molar-refractivity contribution in [3.63, 3.8) is 0 Å². The predicted molar refractivity (Wildman–Crippen MR) is 141 cm³/mol. The molecule has 0 aromatic rings. The maximum absolute atomic E-state index is 9.41. The summed E-state index contributed by atoms with van der Waals surface area (Å²) in [6.07, 6.45) is 13.0. The number of rotatable bonds is 9. The zero-order chi connectivity index (χ0) is 24.1. The van der Waals surface area contributed by atoms with Gasteiger partial charge < -0.3 is 14.0 Å². The topological polar surface area (TPSA) is 38.7 Å². The second kappa shape index (κ2) is 11.3.